The topological polar surface area (TPSA) is 28.2 Å². The van der Waals surface area contributed by atoms with Gasteiger partial charge in [-0.1, -0.05) is 6.07 Å². The van der Waals surface area contributed by atoms with Gasteiger partial charge in [0, 0.05) is 19.3 Å². The molecule has 0 radical (unpaired) electrons. The van der Waals surface area contributed by atoms with Crippen molar-refractivity contribution >= 4 is 5.82 Å². The van der Waals surface area contributed by atoms with Crippen LogP contribution in [-0.4, -0.2) is 31.2 Å². The highest BCUT2D eigenvalue weighted by Gasteiger charge is 2.18. The van der Waals surface area contributed by atoms with Gasteiger partial charge < -0.3 is 10.2 Å². The van der Waals surface area contributed by atoms with E-state index in [0.717, 1.165) is 18.9 Å². The third-order valence-corrected chi connectivity index (χ3v) is 3.41. The van der Waals surface area contributed by atoms with E-state index in [1.165, 1.54) is 24.8 Å². The zero-order valence-corrected chi connectivity index (χ0v) is 10.2. The molecule has 1 aliphatic heterocycles. The highest BCUT2D eigenvalue weighted by Crippen LogP contribution is 2.21. The summed E-state index contributed by atoms with van der Waals surface area (Å²) in [6, 6.07) is 4.76. The Bertz CT molecular complexity index is 330. The first-order valence-electron chi connectivity index (χ1n) is 6.14. The van der Waals surface area contributed by atoms with Crippen LogP contribution in [0.3, 0.4) is 0 Å². The Balaban J connectivity index is 2.11. The first-order chi connectivity index (χ1) is 7.79. The maximum atomic E-state index is 4.49. The second-order valence-electron chi connectivity index (χ2n) is 4.59. The first-order valence-corrected chi connectivity index (χ1v) is 6.14. The van der Waals surface area contributed by atoms with E-state index in [1.807, 2.05) is 12.3 Å². The van der Waals surface area contributed by atoms with Gasteiger partial charge in [0.15, 0.2) is 0 Å². The Labute approximate surface area is 97.9 Å². The number of nitrogens with zero attached hydrogens (tertiary/aromatic N) is 2. The summed E-state index contributed by atoms with van der Waals surface area (Å²) in [5.74, 6) is 1.13. The smallest absolute Gasteiger partial charge is 0.131 e. The summed E-state index contributed by atoms with van der Waals surface area (Å²) in [6.07, 6.45) is 5.63. The lowest BCUT2D eigenvalue weighted by Gasteiger charge is -2.29. The predicted octanol–water partition coefficient (Wildman–Crippen LogP) is 1.97. The largest absolute Gasteiger partial charge is 0.356 e. The number of pyridine rings is 1. The van der Waals surface area contributed by atoms with Gasteiger partial charge in [-0.15, -0.1) is 0 Å². The molecule has 1 N–H and O–H groups in total. The maximum Gasteiger partial charge on any atom is 0.131 e. The van der Waals surface area contributed by atoms with E-state index in [4.69, 9.17) is 0 Å². The van der Waals surface area contributed by atoms with E-state index < -0.39 is 0 Å². The number of rotatable bonds is 2. The van der Waals surface area contributed by atoms with Gasteiger partial charge >= 0.3 is 0 Å². The van der Waals surface area contributed by atoms with E-state index >= 15 is 0 Å². The fourth-order valence-electron chi connectivity index (χ4n) is 2.41. The van der Waals surface area contributed by atoms with Gasteiger partial charge in [0.25, 0.3) is 0 Å². The number of aromatic nitrogens is 1. The van der Waals surface area contributed by atoms with Crippen molar-refractivity contribution in [2.45, 2.75) is 32.2 Å². The molecular formula is C13H21N3. The number of hydrogen-bond acceptors (Lipinski definition) is 3. The average molecular weight is 219 g/mol. The van der Waals surface area contributed by atoms with Gasteiger partial charge in [0.05, 0.1) is 0 Å². The van der Waals surface area contributed by atoms with Crippen molar-refractivity contribution in [3.8, 4) is 0 Å². The summed E-state index contributed by atoms with van der Waals surface area (Å²) in [6.45, 7) is 4.42. The van der Waals surface area contributed by atoms with Crippen LogP contribution >= 0.6 is 0 Å². The van der Waals surface area contributed by atoms with Crippen LogP contribution in [0, 0.1) is 6.92 Å². The Morgan fingerprint density at radius 3 is 3.06 bits per heavy atom. The van der Waals surface area contributed by atoms with Crippen LogP contribution in [0.25, 0.3) is 0 Å². The summed E-state index contributed by atoms with van der Waals surface area (Å²) < 4.78 is 0. The number of aryl methyl sites for hydroxylation is 1. The van der Waals surface area contributed by atoms with Crippen LogP contribution < -0.4 is 10.2 Å². The zero-order chi connectivity index (χ0) is 11.4. The Morgan fingerprint density at radius 1 is 1.38 bits per heavy atom. The van der Waals surface area contributed by atoms with Crippen molar-refractivity contribution < 1.29 is 0 Å². The first kappa shape index (κ1) is 11.4. The second-order valence-corrected chi connectivity index (χ2v) is 4.59. The quantitative estimate of drug-likeness (QED) is 0.824. The van der Waals surface area contributed by atoms with Crippen molar-refractivity contribution in [2.24, 2.45) is 0 Å². The summed E-state index contributed by atoms with van der Waals surface area (Å²) in [4.78, 5) is 6.84. The van der Waals surface area contributed by atoms with Crippen LogP contribution in [0.2, 0.25) is 0 Å². The molecule has 1 fully saturated rings. The van der Waals surface area contributed by atoms with E-state index in [0.29, 0.717) is 6.04 Å². The monoisotopic (exact) mass is 219 g/mol. The molecule has 3 nitrogen and oxygen atoms in total. The minimum absolute atomic E-state index is 0.628. The number of hydrogen-bond donors (Lipinski definition) is 1. The van der Waals surface area contributed by atoms with Crippen molar-refractivity contribution in [2.75, 3.05) is 25.0 Å². The standard InChI is InChI=1S/C13H21N3/c1-11-5-3-9-15-13(11)16(2)12-6-4-8-14-10-7-12/h3,5,9,12,14H,4,6-8,10H2,1-2H3. The molecule has 0 saturated carbocycles. The summed E-state index contributed by atoms with van der Waals surface area (Å²) in [7, 11) is 2.17. The predicted molar refractivity (Wildman–Crippen MR) is 67.9 cm³/mol. The lowest BCUT2D eigenvalue weighted by atomic mass is 10.1. The van der Waals surface area contributed by atoms with Gasteiger partial charge in [-0.2, -0.15) is 0 Å². The summed E-state index contributed by atoms with van der Waals surface area (Å²) in [5, 5.41) is 3.45. The fourth-order valence-corrected chi connectivity index (χ4v) is 2.41. The van der Waals surface area contributed by atoms with Crippen molar-refractivity contribution in [3.05, 3.63) is 23.9 Å². The summed E-state index contributed by atoms with van der Waals surface area (Å²) >= 11 is 0. The molecular weight excluding hydrogens is 198 g/mol. The lowest BCUT2D eigenvalue weighted by Crippen LogP contribution is -2.33. The molecule has 1 saturated heterocycles. The Kier molecular flexibility index (Phi) is 3.78. The van der Waals surface area contributed by atoms with E-state index in [-0.39, 0.29) is 0 Å². The molecule has 0 spiro atoms. The van der Waals surface area contributed by atoms with Gasteiger partial charge in [-0.05, 0) is 50.9 Å². The Hall–Kier alpha value is -1.09. The summed E-state index contributed by atoms with van der Waals surface area (Å²) in [5.41, 5.74) is 1.27. The van der Waals surface area contributed by atoms with E-state index in [1.54, 1.807) is 0 Å². The van der Waals surface area contributed by atoms with Crippen LogP contribution in [0.1, 0.15) is 24.8 Å². The zero-order valence-electron chi connectivity index (χ0n) is 10.2. The minimum Gasteiger partial charge on any atom is -0.356 e. The van der Waals surface area contributed by atoms with Crippen molar-refractivity contribution in [3.63, 3.8) is 0 Å². The average Bonchev–Trinajstić information content (AvgIpc) is 2.57. The van der Waals surface area contributed by atoms with Crippen molar-refractivity contribution in [1.29, 1.82) is 0 Å². The van der Waals surface area contributed by atoms with Crippen LogP contribution in [0.4, 0.5) is 5.82 Å². The normalized spacial score (nSPS) is 21.5. The molecule has 0 amide bonds. The lowest BCUT2D eigenvalue weighted by molar-refractivity contribution is 0.562. The number of nitrogens with one attached hydrogen (secondary N) is 1. The minimum atomic E-state index is 0.628. The van der Waals surface area contributed by atoms with Gasteiger partial charge in [-0.3, -0.25) is 0 Å². The van der Waals surface area contributed by atoms with Crippen LogP contribution in [0.15, 0.2) is 18.3 Å². The van der Waals surface area contributed by atoms with Crippen LogP contribution in [-0.2, 0) is 0 Å². The molecule has 3 heteroatoms. The molecule has 1 aliphatic rings. The molecule has 1 aromatic heterocycles. The van der Waals surface area contributed by atoms with E-state index in [2.05, 4.69) is 35.2 Å². The van der Waals surface area contributed by atoms with Gasteiger partial charge in [0.1, 0.15) is 5.82 Å². The highest BCUT2D eigenvalue weighted by atomic mass is 15.2. The van der Waals surface area contributed by atoms with Gasteiger partial charge in [-0.25, -0.2) is 4.98 Å². The van der Waals surface area contributed by atoms with Crippen molar-refractivity contribution in [1.82, 2.24) is 10.3 Å². The number of anilines is 1. The molecule has 0 bridgehead atoms. The SMILES string of the molecule is Cc1cccnc1N(C)C1CCCNCC1. The Morgan fingerprint density at radius 2 is 2.25 bits per heavy atom. The third-order valence-electron chi connectivity index (χ3n) is 3.41. The molecule has 2 heterocycles. The van der Waals surface area contributed by atoms with E-state index in [9.17, 15) is 0 Å². The molecule has 1 atom stereocenters. The second kappa shape index (κ2) is 5.30. The molecule has 1 aromatic rings. The molecule has 88 valence electrons. The molecule has 0 aromatic carbocycles. The third kappa shape index (κ3) is 2.53. The van der Waals surface area contributed by atoms with Crippen LogP contribution in [0.5, 0.6) is 0 Å². The molecule has 16 heavy (non-hydrogen) atoms. The maximum absolute atomic E-state index is 4.49. The molecule has 1 unspecified atom stereocenters. The molecule has 0 aliphatic carbocycles. The fraction of sp³-hybridized carbons (Fsp3) is 0.615. The highest BCUT2D eigenvalue weighted by molar-refractivity contribution is 5.45. The molecule has 2 rings (SSSR count). The van der Waals surface area contributed by atoms with Gasteiger partial charge in [0.2, 0.25) is 0 Å².